The molecule has 0 unspecified atom stereocenters. The van der Waals surface area contributed by atoms with Crippen molar-refractivity contribution in [3.05, 3.63) is 59.1 Å². The molecule has 1 N–H and O–H groups in total. The van der Waals surface area contributed by atoms with E-state index in [1.165, 1.54) is 11.8 Å². The monoisotopic (exact) mass is 463 g/mol. The highest BCUT2D eigenvalue weighted by Crippen LogP contribution is 2.35. The molecular weight excluding hydrogens is 442 g/mol. The molecule has 9 heteroatoms. The second kappa shape index (κ2) is 8.61. The van der Waals surface area contributed by atoms with Crippen LogP contribution in [0, 0.1) is 0 Å². The number of aliphatic imine (C=N–C) groups is 1. The van der Waals surface area contributed by atoms with Crippen molar-refractivity contribution in [2.45, 2.75) is 25.4 Å². The van der Waals surface area contributed by atoms with E-state index in [4.69, 9.17) is 11.6 Å². The number of thioether (sulfide) groups is 1. The molecule has 2 atom stereocenters. The summed E-state index contributed by atoms with van der Waals surface area (Å²) in [4.78, 5) is 19.1. The Labute approximate surface area is 185 Å². The van der Waals surface area contributed by atoms with E-state index in [1.807, 2.05) is 48.2 Å². The fourth-order valence-electron chi connectivity index (χ4n) is 3.80. The van der Waals surface area contributed by atoms with Gasteiger partial charge in [0, 0.05) is 16.4 Å². The number of benzene rings is 2. The van der Waals surface area contributed by atoms with Gasteiger partial charge in [-0.25, -0.2) is 8.42 Å². The Morgan fingerprint density at radius 3 is 2.67 bits per heavy atom. The average Bonchev–Trinajstić information content (AvgIpc) is 3.18. The zero-order chi connectivity index (χ0) is 21.3. The standard InChI is InChI=1S/C21H22ClN3O3S2/c1-2-14-5-3-4-6-17(14)23-20(26)11-29-21-24-18-12-30(27,28)13-19(18)25(21)16-9-7-15(22)8-10-16/h3-10,18-19H,2,11-13H2,1H3,(H,23,26)/t18-,19-/m0/s1. The molecule has 158 valence electrons. The second-order valence-corrected chi connectivity index (χ2v) is 10.8. The topological polar surface area (TPSA) is 78.8 Å². The van der Waals surface area contributed by atoms with Crippen LogP contribution in [0.1, 0.15) is 12.5 Å². The van der Waals surface area contributed by atoms with E-state index >= 15 is 0 Å². The number of aryl methyl sites for hydroxylation is 1. The van der Waals surface area contributed by atoms with E-state index in [2.05, 4.69) is 10.3 Å². The molecule has 2 aromatic rings. The molecule has 1 saturated heterocycles. The van der Waals surface area contributed by atoms with Crippen molar-refractivity contribution in [1.29, 1.82) is 0 Å². The summed E-state index contributed by atoms with van der Waals surface area (Å²) in [7, 11) is -3.12. The molecule has 30 heavy (non-hydrogen) atoms. The van der Waals surface area contributed by atoms with Crippen LogP contribution in [0.25, 0.3) is 0 Å². The van der Waals surface area contributed by atoms with Gasteiger partial charge in [0.05, 0.1) is 29.3 Å². The molecule has 2 aromatic carbocycles. The Hall–Kier alpha value is -2.03. The van der Waals surface area contributed by atoms with Gasteiger partial charge in [-0.1, -0.05) is 48.5 Å². The van der Waals surface area contributed by atoms with Crippen molar-refractivity contribution in [2.24, 2.45) is 4.99 Å². The number of anilines is 2. The maximum absolute atomic E-state index is 12.6. The molecule has 4 rings (SSSR count). The summed E-state index contributed by atoms with van der Waals surface area (Å²) in [6.07, 6.45) is 0.832. The highest BCUT2D eigenvalue weighted by Gasteiger charge is 2.47. The third kappa shape index (κ3) is 4.50. The summed E-state index contributed by atoms with van der Waals surface area (Å²) in [6.45, 7) is 2.05. The van der Waals surface area contributed by atoms with Gasteiger partial charge in [0.2, 0.25) is 5.91 Å². The van der Waals surface area contributed by atoms with Gasteiger partial charge in [-0.05, 0) is 42.3 Å². The molecule has 0 saturated carbocycles. The molecule has 1 fully saturated rings. The molecule has 0 bridgehead atoms. The minimum absolute atomic E-state index is 0.0435. The minimum Gasteiger partial charge on any atom is -0.325 e. The van der Waals surface area contributed by atoms with Crippen LogP contribution in [0.5, 0.6) is 0 Å². The Kier molecular flexibility index (Phi) is 6.09. The highest BCUT2D eigenvalue weighted by atomic mass is 35.5. The number of carbonyl (C=O) groups excluding carboxylic acids is 1. The molecule has 0 aromatic heterocycles. The van der Waals surface area contributed by atoms with Gasteiger partial charge < -0.3 is 10.2 Å². The molecule has 2 aliphatic rings. The van der Waals surface area contributed by atoms with Crippen LogP contribution < -0.4 is 10.2 Å². The fourth-order valence-corrected chi connectivity index (χ4v) is 6.70. The van der Waals surface area contributed by atoms with E-state index < -0.39 is 9.84 Å². The maximum Gasteiger partial charge on any atom is 0.234 e. The number of fused-ring (bicyclic) bond motifs is 1. The van der Waals surface area contributed by atoms with Crippen molar-refractivity contribution in [3.8, 4) is 0 Å². The first-order valence-corrected chi connectivity index (χ1v) is 12.9. The van der Waals surface area contributed by atoms with Gasteiger partial charge in [0.25, 0.3) is 0 Å². The number of nitrogens with one attached hydrogen (secondary N) is 1. The summed E-state index contributed by atoms with van der Waals surface area (Å²) < 4.78 is 24.2. The smallest absolute Gasteiger partial charge is 0.234 e. The summed E-state index contributed by atoms with van der Waals surface area (Å²) in [5.74, 6) is 0.170. The van der Waals surface area contributed by atoms with Crippen LogP contribution in [0.3, 0.4) is 0 Å². The molecule has 0 aliphatic carbocycles. The summed E-state index contributed by atoms with van der Waals surface area (Å²) in [6, 6.07) is 14.4. The second-order valence-electron chi connectivity index (χ2n) is 7.32. The minimum atomic E-state index is -3.12. The van der Waals surface area contributed by atoms with Gasteiger partial charge >= 0.3 is 0 Å². The van der Waals surface area contributed by atoms with Gasteiger partial charge in [-0.2, -0.15) is 0 Å². The Morgan fingerprint density at radius 1 is 1.20 bits per heavy atom. The SMILES string of the molecule is CCc1ccccc1NC(=O)CSC1=N[C@H]2CS(=O)(=O)C[C@@H]2N1c1ccc(Cl)cc1. The van der Waals surface area contributed by atoms with E-state index in [-0.39, 0.29) is 35.2 Å². The molecular formula is C21H22ClN3O3S2. The fraction of sp³-hybridized carbons (Fsp3) is 0.333. The Morgan fingerprint density at radius 2 is 1.93 bits per heavy atom. The number of halogens is 1. The third-order valence-electron chi connectivity index (χ3n) is 5.22. The van der Waals surface area contributed by atoms with Crippen LogP contribution in [0.2, 0.25) is 5.02 Å². The van der Waals surface area contributed by atoms with Crippen LogP contribution >= 0.6 is 23.4 Å². The van der Waals surface area contributed by atoms with Crippen molar-refractivity contribution in [1.82, 2.24) is 0 Å². The van der Waals surface area contributed by atoms with Crippen molar-refractivity contribution in [2.75, 3.05) is 27.5 Å². The van der Waals surface area contributed by atoms with E-state index in [9.17, 15) is 13.2 Å². The van der Waals surface area contributed by atoms with Crippen LogP contribution in [-0.2, 0) is 21.1 Å². The molecule has 1 amide bonds. The summed E-state index contributed by atoms with van der Waals surface area (Å²) in [5, 5.41) is 4.24. The number of sulfone groups is 1. The molecule has 0 radical (unpaired) electrons. The maximum atomic E-state index is 12.6. The lowest BCUT2D eigenvalue weighted by Crippen LogP contribution is -2.39. The number of hydrogen-bond donors (Lipinski definition) is 1. The van der Waals surface area contributed by atoms with E-state index in [0.717, 1.165) is 23.4 Å². The number of nitrogens with zero attached hydrogens (tertiary/aromatic N) is 2. The average molecular weight is 464 g/mol. The van der Waals surface area contributed by atoms with Gasteiger partial charge in [-0.3, -0.25) is 9.79 Å². The van der Waals surface area contributed by atoms with E-state index in [1.54, 1.807) is 12.1 Å². The first-order chi connectivity index (χ1) is 14.4. The number of rotatable bonds is 5. The quantitative estimate of drug-likeness (QED) is 0.732. The largest absolute Gasteiger partial charge is 0.325 e. The van der Waals surface area contributed by atoms with Gasteiger partial charge in [0.1, 0.15) is 0 Å². The van der Waals surface area contributed by atoms with E-state index in [0.29, 0.717) is 10.2 Å². The number of hydrogen-bond acceptors (Lipinski definition) is 6. The molecule has 2 aliphatic heterocycles. The zero-order valence-electron chi connectivity index (χ0n) is 16.4. The highest BCUT2D eigenvalue weighted by molar-refractivity contribution is 8.14. The number of amidine groups is 1. The third-order valence-corrected chi connectivity index (χ3v) is 8.13. The first-order valence-electron chi connectivity index (χ1n) is 9.70. The number of para-hydroxylation sites is 1. The Bertz CT molecular complexity index is 1090. The molecule has 0 spiro atoms. The van der Waals surface area contributed by atoms with Crippen LogP contribution in [0.4, 0.5) is 11.4 Å². The normalized spacial score (nSPS) is 21.9. The Balaban J connectivity index is 1.50. The molecule has 6 nitrogen and oxygen atoms in total. The van der Waals surface area contributed by atoms with Gasteiger partial charge in [-0.15, -0.1) is 0 Å². The lowest BCUT2D eigenvalue weighted by Gasteiger charge is -2.26. The predicted octanol–water partition coefficient (Wildman–Crippen LogP) is 3.62. The first kappa shape index (κ1) is 21.2. The van der Waals surface area contributed by atoms with Crippen LogP contribution in [-0.4, -0.2) is 48.8 Å². The number of carbonyl (C=O) groups is 1. The van der Waals surface area contributed by atoms with Crippen molar-refractivity contribution >= 4 is 55.6 Å². The number of amides is 1. The molecule has 2 heterocycles. The van der Waals surface area contributed by atoms with Crippen molar-refractivity contribution < 1.29 is 13.2 Å². The van der Waals surface area contributed by atoms with Gasteiger partial charge in [0.15, 0.2) is 15.0 Å². The summed E-state index contributed by atoms with van der Waals surface area (Å²) >= 11 is 7.34. The van der Waals surface area contributed by atoms with Crippen molar-refractivity contribution in [3.63, 3.8) is 0 Å². The zero-order valence-corrected chi connectivity index (χ0v) is 18.8. The lowest BCUT2D eigenvalue weighted by atomic mass is 10.1. The predicted molar refractivity (Wildman–Crippen MR) is 125 cm³/mol. The summed E-state index contributed by atoms with van der Waals surface area (Å²) in [5.41, 5.74) is 2.72. The lowest BCUT2D eigenvalue weighted by molar-refractivity contribution is -0.113. The van der Waals surface area contributed by atoms with Crippen LogP contribution in [0.15, 0.2) is 53.5 Å².